The third-order valence-corrected chi connectivity index (χ3v) is 4.69. The van der Waals surface area contributed by atoms with E-state index in [-0.39, 0.29) is 12.1 Å². The van der Waals surface area contributed by atoms with E-state index in [2.05, 4.69) is 31.0 Å². The molecule has 2 N–H and O–H groups in total. The van der Waals surface area contributed by atoms with Crippen LogP contribution in [-0.4, -0.2) is 47.8 Å². The first-order valence-electron chi connectivity index (χ1n) is 10.0. The molecule has 0 aliphatic heterocycles. The summed E-state index contributed by atoms with van der Waals surface area (Å²) in [6, 6.07) is 6.31. The van der Waals surface area contributed by atoms with Crippen molar-refractivity contribution in [1.29, 1.82) is 0 Å². The number of ether oxygens (including phenoxy) is 1. The van der Waals surface area contributed by atoms with Gasteiger partial charge in [-0.2, -0.15) is 0 Å². The molecule has 0 saturated carbocycles. The number of nitrogens with one attached hydrogen (secondary N) is 1. The number of rotatable bonds is 13. The van der Waals surface area contributed by atoms with Gasteiger partial charge in [0.25, 0.3) is 0 Å². The Morgan fingerprint density at radius 1 is 1.04 bits per heavy atom. The molecule has 1 atom stereocenters. The number of carboxylic acid groups (broad SMARTS) is 1. The van der Waals surface area contributed by atoms with Crippen molar-refractivity contribution in [2.45, 2.75) is 65.4 Å². The maximum absolute atomic E-state index is 12.5. The smallest absolute Gasteiger partial charge is 0.409 e. The number of anilines is 1. The average molecular weight is 379 g/mol. The van der Waals surface area contributed by atoms with Crippen molar-refractivity contribution in [1.82, 2.24) is 4.90 Å². The van der Waals surface area contributed by atoms with Gasteiger partial charge < -0.3 is 14.7 Å². The quantitative estimate of drug-likeness (QED) is 0.373. The molecule has 152 valence electrons. The molecule has 0 aliphatic rings. The van der Waals surface area contributed by atoms with Crippen molar-refractivity contribution >= 4 is 17.7 Å². The Kier molecular flexibility index (Phi) is 11.2. The molecule has 0 bridgehead atoms. The Balaban J connectivity index is 2.64. The van der Waals surface area contributed by atoms with Gasteiger partial charge in [0, 0.05) is 12.2 Å². The van der Waals surface area contributed by atoms with E-state index in [9.17, 15) is 9.59 Å². The van der Waals surface area contributed by atoms with Gasteiger partial charge in [-0.05, 0) is 56.6 Å². The SMILES string of the molecule is CCCCCCC(CCN(CC)CC)OC(=O)c1ccc(NC(=O)O)cc1. The maximum atomic E-state index is 12.5. The van der Waals surface area contributed by atoms with E-state index < -0.39 is 6.09 Å². The fourth-order valence-electron chi connectivity index (χ4n) is 2.96. The number of carbonyl (C=O) groups excluding carboxylic acids is 1. The van der Waals surface area contributed by atoms with Crippen molar-refractivity contribution < 1.29 is 19.4 Å². The molecule has 1 aromatic rings. The van der Waals surface area contributed by atoms with Crippen molar-refractivity contribution in [2.24, 2.45) is 0 Å². The van der Waals surface area contributed by atoms with Gasteiger partial charge in [-0.3, -0.25) is 5.32 Å². The van der Waals surface area contributed by atoms with E-state index in [1.807, 2.05) is 0 Å². The van der Waals surface area contributed by atoms with E-state index in [1.54, 1.807) is 24.3 Å². The van der Waals surface area contributed by atoms with Crippen LogP contribution in [-0.2, 0) is 4.74 Å². The zero-order valence-electron chi connectivity index (χ0n) is 16.9. The molecule has 1 aromatic carbocycles. The first-order valence-corrected chi connectivity index (χ1v) is 10.0. The summed E-state index contributed by atoms with van der Waals surface area (Å²) in [5, 5.41) is 11.0. The van der Waals surface area contributed by atoms with Crippen LogP contribution in [0.3, 0.4) is 0 Å². The number of esters is 1. The van der Waals surface area contributed by atoms with Gasteiger partial charge in [0.05, 0.1) is 5.56 Å². The van der Waals surface area contributed by atoms with E-state index >= 15 is 0 Å². The number of amides is 1. The van der Waals surface area contributed by atoms with Crippen LogP contribution in [0.1, 0.15) is 69.7 Å². The molecular formula is C21H34N2O4. The number of hydrogen-bond acceptors (Lipinski definition) is 4. The highest BCUT2D eigenvalue weighted by Crippen LogP contribution is 2.16. The molecular weight excluding hydrogens is 344 g/mol. The molecule has 27 heavy (non-hydrogen) atoms. The summed E-state index contributed by atoms with van der Waals surface area (Å²) in [5.74, 6) is -0.350. The highest BCUT2D eigenvalue weighted by atomic mass is 16.5. The van der Waals surface area contributed by atoms with E-state index in [0.29, 0.717) is 11.3 Å². The van der Waals surface area contributed by atoms with Gasteiger partial charge in [-0.1, -0.05) is 40.0 Å². The van der Waals surface area contributed by atoms with Crippen LogP contribution in [0.2, 0.25) is 0 Å². The normalized spacial score (nSPS) is 12.0. The van der Waals surface area contributed by atoms with E-state index in [1.165, 1.54) is 12.8 Å². The minimum absolute atomic E-state index is 0.0909. The Morgan fingerprint density at radius 2 is 1.70 bits per heavy atom. The van der Waals surface area contributed by atoms with Gasteiger partial charge in [0.1, 0.15) is 6.10 Å². The number of carbonyl (C=O) groups is 2. The second-order valence-electron chi connectivity index (χ2n) is 6.70. The van der Waals surface area contributed by atoms with Gasteiger partial charge in [0.2, 0.25) is 0 Å². The Hall–Kier alpha value is -2.08. The number of unbranched alkanes of at least 4 members (excludes halogenated alkanes) is 3. The molecule has 1 unspecified atom stereocenters. The lowest BCUT2D eigenvalue weighted by Gasteiger charge is -2.23. The summed E-state index contributed by atoms with van der Waals surface area (Å²) in [6.07, 6.45) is 5.09. The van der Waals surface area contributed by atoms with Crippen LogP contribution in [0, 0.1) is 0 Å². The zero-order valence-corrected chi connectivity index (χ0v) is 16.9. The first-order chi connectivity index (χ1) is 13.0. The molecule has 0 aromatic heterocycles. The molecule has 0 saturated heterocycles. The molecule has 6 nitrogen and oxygen atoms in total. The Bertz CT molecular complexity index is 556. The van der Waals surface area contributed by atoms with Gasteiger partial charge in [-0.25, -0.2) is 9.59 Å². The molecule has 6 heteroatoms. The van der Waals surface area contributed by atoms with Crippen LogP contribution >= 0.6 is 0 Å². The van der Waals surface area contributed by atoms with Gasteiger partial charge in [0.15, 0.2) is 0 Å². The number of hydrogen-bond donors (Lipinski definition) is 2. The maximum Gasteiger partial charge on any atom is 0.409 e. The molecule has 0 fully saturated rings. The first kappa shape index (κ1) is 23.0. The van der Waals surface area contributed by atoms with E-state index in [0.717, 1.165) is 45.3 Å². The minimum Gasteiger partial charge on any atom is -0.465 e. The molecule has 1 amide bonds. The lowest BCUT2D eigenvalue weighted by molar-refractivity contribution is 0.0231. The van der Waals surface area contributed by atoms with E-state index in [4.69, 9.17) is 9.84 Å². The average Bonchev–Trinajstić information content (AvgIpc) is 2.65. The van der Waals surface area contributed by atoms with Crippen LogP contribution in [0.4, 0.5) is 10.5 Å². The summed E-state index contributed by atoms with van der Waals surface area (Å²) in [7, 11) is 0. The second-order valence-corrected chi connectivity index (χ2v) is 6.70. The predicted octanol–water partition coefficient (Wildman–Crippen LogP) is 5.00. The fourth-order valence-corrected chi connectivity index (χ4v) is 2.96. The zero-order chi connectivity index (χ0) is 20.1. The third kappa shape index (κ3) is 9.43. The Labute approximate surface area is 162 Å². The summed E-state index contributed by atoms with van der Waals surface area (Å²) in [6.45, 7) is 9.36. The number of benzene rings is 1. The van der Waals surface area contributed by atoms with Crippen LogP contribution in [0.15, 0.2) is 24.3 Å². The Morgan fingerprint density at radius 3 is 2.26 bits per heavy atom. The highest BCUT2D eigenvalue weighted by Gasteiger charge is 2.17. The molecule has 0 radical (unpaired) electrons. The molecule has 0 aliphatic carbocycles. The van der Waals surface area contributed by atoms with Crippen molar-refractivity contribution in [3.63, 3.8) is 0 Å². The third-order valence-electron chi connectivity index (χ3n) is 4.69. The molecule has 0 heterocycles. The lowest BCUT2D eigenvalue weighted by atomic mass is 10.1. The van der Waals surface area contributed by atoms with Gasteiger partial charge >= 0.3 is 12.1 Å². The number of nitrogens with zero attached hydrogens (tertiary/aromatic N) is 1. The van der Waals surface area contributed by atoms with Crippen molar-refractivity contribution in [2.75, 3.05) is 25.0 Å². The van der Waals surface area contributed by atoms with Crippen molar-refractivity contribution in [3.05, 3.63) is 29.8 Å². The topological polar surface area (TPSA) is 78.9 Å². The second kappa shape index (κ2) is 13.1. The summed E-state index contributed by atoms with van der Waals surface area (Å²) >= 11 is 0. The minimum atomic E-state index is -1.13. The van der Waals surface area contributed by atoms with Crippen LogP contribution in [0.25, 0.3) is 0 Å². The highest BCUT2D eigenvalue weighted by molar-refractivity contribution is 5.90. The summed E-state index contributed by atoms with van der Waals surface area (Å²) in [5.41, 5.74) is 0.865. The van der Waals surface area contributed by atoms with Gasteiger partial charge in [-0.15, -0.1) is 0 Å². The molecule has 1 rings (SSSR count). The van der Waals surface area contributed by atoms with Crippen LogP contribution < -0.4 is 5.32 Å². The summed E-state index contributed by atoms with van der Waals surface area (Å²) in [4.78, 5) is 25.5. The van der Waals surface area contributed by atoms with Crippen LogP contribution in [0.5, 0.6) is 0 Å². The molecule has 0 spiro atoms. The monoisotopic (exact) mass is 378 g/mol. The standard InChI is InChI=1S/C21H34N2O4/c1-4-7-8-9-10-19(15-16-23(5-2)6-3)27-20(24)17-11-13-18(14-12-17)22-21(25)26/h11-14,19,22H,4-10,15-16H2,1-3H3,(H,25,26). The lowest BCUT2D eigenvalue weighted by Crippen LogP contribution is -2.29. The van der Waals surface area contributed by atoms with Crippen molar-refractivity contribution in [3.8, 4) is 0 Å². The largest absolute Gasteiger partial charge is 0.465 e. The predicted molar refractivity (Wildman–Crippen MR) is 108 cm³/mol. The summed E-state index contributed by atoms with van der Waals surface area (Å²) < 4.78 is 5.77. The fraction of sp³-hybridized carbons (Fsp3) is 0.619.